The first-order chi connectivity index (χ1) is 17.1. The second kappa shape index (κ2) is 9.69. The molecular formula is C27H25N7O. The molecule has 2 aromatic carbocycles. The lowest BCUT2D eigenvalue weighted by molar-refractivity contribution is 0.0545. The zero-order valence-electron chi connectivity index (χ0n) is 19.4. The highest BCUT2D eigenvalue weighted by molar-refractivity contribution is 5.96. The Morgan fingerprint density at radius 1 is 1.06 bits per heavy atom. The van der Waals surface area contributed by atoms with Crippen LogP contribution >= 0.6 is 0 Å². The van der Waals surface area contributed by atoms with E-state index in [0.29, 0.717) is 31.3 Å². The summed E-state index contributed by atoms with van der Waals surface area (Å²) in [6.45, 7) is 3.49. The molecule has 1 fully saturated rings. The van der Waals surface area contributed by atoms with Crippen molar-refractivity contribution < 1.29 is 4.79 Å². The number of pyridine rings is 1. The van der Waals surface area contributed by atoms with Gasteiger partial charge < -0.3 is 19.5 Å². The molecule has 3 heterocycles. The Bertz CT molecular complexity index is 1390. The molecule has 8 nitrogen and oxygen atoms in total. The molecule has 1 atom stereocenters. The highest BCUT2D eigenvalue weighted by atomic mass is 16.2. The molecule has 0 saturated carbocycles. The summed E-state index contributed by atoms with van der Waals surface area (Å²) in [4.78, 5) is 26.2. The quantitative estimate of drug-likeness (QED) is 0.281. The molecular weight excluding hydrogens is 438 g/mol. The minimum absolute atomic E-state index is 0.118. The van der Waals surface area contributed by atoms with Crippen molar-refractivity contribution in [3.63, 3.8) is 0 Å². The number of fused-ring (bicyclic) bond motifs is 1. The summed E-state index contributed by atoms with van der Waals surface area (Å²) >= 11 is 0. The highest BCUT2D eigenvalue weighted by Gasteiger charge is 2.34. The molecule has 1 unspecified atom stereocenters. The number of hydrogen-bond acceptors (Lipinski definition) is 4. The van der Waals surface area contributed by atoms with Crippen LogP contribution in [-0.4, -0.2) is 50.7 Å². The zero-order valence-corrected chi connectivity index (χ0v) is 19.4. The van der Waals surface area contributed by atoms with Gasteiger partial charge in [-0.2, -0.15) is 5.26 Å². The number of benzene rings is 2. The Balaban J connectivity index is 1.45. The van der Waals surface area contributed by atoms with Crippen LogP contribution in [0, 0.1) is 18.4 Å². The number of piperazine rings is 1. The largest absolute Gasteiger partial charge is 0.338 e. The Morgan fingerprint density at radius 3 is 2.60 bits per heavy atom. The maximum Gasteiger partial charge on any atom is 0.274 e. The fourth-order valence-electron chi connectivity index (χ4n) is 4.42. The van der Waals surface area contributed by atoms with Gasteiger partial charge in [0, 0.05) is 37.7 Å². The van der Waals surface area contributed by atoms with E-state index in [9.17, 15) is 10.1 Å². The highest BCUT2D eigenvalue weighted by Crippen LogP contribution is 2.28. The number of para-hydroxylation sites is 1. The number of aryl methyl sites for hydroxylation is 1. The Hall–Kier alpha value is -4.64. The number of carbonyl (C=O) groups excluding carboxylic acids is 1. The van der Waals surface area contributed by atoms with Crippen molar-refractivity contribution in [2.75, 3.05) is 25.0 Å². The molecule has 0 spiro atoms. The van der Waals surface area contributed by atoms with Crippen molar-refractivity contribution in [2.24, 2.45) is 4.99 Å². The molecule has 1 N–H and O–H groups in total. The van der Waals surface area contributed by atoms with Crippen LogP contribution in [0.15, 0.2) is 90.2 Å². The van der Waals surface area contributed by atoms with Gasteiger partial charge in [-0.3, -0.25) is 4.79 Å². The molecule has 1 aliphatic heterocycles. The number of nitrogens with zero attached hydrogens (tertiary/aromatic N) is 6. The molecule has 1 aliphatic rings. The Morgan fingerprint density at radius 2 is 1.83 bits per heavy atom. The monoisotopic (exact) mass is 463 g/mol. The number of nitriles is 1. The van der Waals surface area contributed by atoms with Crippen molar-refractivity contribution in [2.45, 2.75) is 13.0 Å². The fourth-order valence-corrected chi connectivity index (χ4v) is 4.42. The summed E-state index contributed by atoms with van der Waals surface area (Å²) in [6, 6.07) is 23.3. The van der Waals surface area contributed by atoms with Gasteiger partial charge in [-0.25, -0.2) is 4.98 Å². The van der Waals surface area contributed by atoms with Gasteiger partial charge in [0.05, 0.1) is 6.04 Å². The summed E-state index contributed by atoms with van der Waals surface area (Å²) in [6.07, 6.45) is 5.58. The third-order valence-electron chi connectivity index (χ3n) is 6.26. The second-order valence-electron chi connectivity index (χ2n) is 8.44. The predicted molar refractivity (Wildman–Crippen MR) is 135 cm³/mol. The third-order valence-corrected chi connectivity index (χ3v) is 6.26. The number of aromatic nitrogens is 2. The van der Waals surface area contributed by atoms with Gasteiger partial charge in [-0.1, -0.05) is 54.6 Å². The number of guanidine groups is 1. The normalized spacial score (nSPS) is 16.2. The molecule has 35 heavy (non-hydrogen) atoms. The molecule has 0 bridgehead atoms. The van der Waals surface area contributed by atoms with E-state index in [1.807, 2.05) is 106 Å². The van der Waals surface area contributed by atoms with Crippen LogP contribution in [0.25, 0.3) is 5.65 Å². The van der Waals surface area contributed by atoms with E-state index in [-0.39, 0.29) is 11.9 Å². The Kier molecular flexibility index (Phi) is 6.14. The van der Waals surface area contributed by atoms with Crippen LogP contribution in [-0.2, 0) is 0 Å². The number of hydrogen-bond donors (Lipinski definition) is 1. The van der Waals surface area contributed by atoms with Gasteiger partial charge in [-0.05, 0) is 36.2 Å². The van der Waals surface area contributed by atoms with Crippen molar-refractivity contribution in [3.8, 4) is 6.19 Å². The standard InChI is InChI=1S/C27H25N7O/c1-20-9-5-6-12-22(20)31-27(29-19-28)33-15-16-34(24(18-33)21-10-3-2-4-11-21)26(35)23-17-32-14-8-7-13-25(32)30-23/h2-14,17,24H,15-16,18H2,1H3,(H,29,31). The van der Waals surface area contributed by atoms with Crippen LogP contribution in [0.2, 0.25) is 0 Å². The van der Waals surface area contributed by atoms with Gasteiger partial charge in [-0.15, -0.1) is 4.99 Å². The first kappa shape index (κ1) is 22.2. The van der Waals surface area contributed by atoms with Gasteiger partial charge in [0.25, 0.3) is 5.91 Å². The van der Waals surface area contributed by atoms with Crippen LogP contribution in [0.1, 0.15) is 27.7 Å². The molecule has 1 saturated heterocycles. The van der Waals surface area contributed by atoms with Gasteiger partial charge in [0.15, 0.2) is 0 Å². The molecule has 8 heteroatoms. The van der Waals surface area contributed by atoms with E-state index in [2.05, 4.69) is 15.3 Å². The summed E-state index contributed by atoms with van der Waals surface area (Å²) in [5, 5.41) is 12.7. The summed E-state index contributed by atoms with van der Waals surface area (Å²) in [5.74, 6) is 0.357. The topological polar surface area (TPSA) is 89.0 Å². The van der Waals surface area contributed by atoms with Crippen LogP contribution in [0.5, 0.6) is 0 Å². The van der Waals surface area contributed by atoms with Crippen molar-refractivity contribution >= 4 is 23.2 Å². The lowest BCUT2D eigenvalue weighted by Gasteiger charge is -2.42. The van der Waals surface area contributed by atoms with E-state index in [0.717, 1.165) is 22.5 Å². The first-order valence-corrected chi connectivity index (χ1v) is 11.5. The number of aliphatic imine (C=N–C) groups is 1. The average molecular weight is 464 g/mol. The molecule has 174 valence electrons. The molecule has 4 aromatic rings. The SMILES string of the molecule is Cc1ccccc1N/C(=N/C#N)N1CCN(C(=O)c2cn3ccccc3n2)C(c2ccccc2)C1. The molecule has 2 aromatic heterocycles. The van der Waals surface area contributed by atoms with E-state index in [1.165, 1.54) is 0 Å². The molecule has 5 rings (SSSR count). The van der Waals surface area contributed by atoms with Crippen LogP contribution in [0.4, 0.5) is 5.69 Å². The first-order valence-electron chi connectivity index (χ1n) is 11.5. The number of anilines is 1. The lowest BCUT2D eigenvalue weighted by atomic mass is 10.0. The predicted octanol–water partition coefficient (Wildman–Crippen LogP) is 4.09. The van der Waals surface area contributed by atoms with E-state index in [4.69, 9.17) is 0 Å². The van der Waals surface area contributed by atoms with Crippen molar-refractivity contribution in [3.05, 3.63) is 102 Å². The van der Waals surface area contributed by atoms with Gasteiger partial charge in [0.2, 0.25) is 12.2 Å². The lowest BCUT2D eigenvalue weighted by Crippen LogP contribution is -2.53. The Labute approximate surface area is 203 Å². The summed E-state index contributed by atoms with van der Waals surface area (Å²) in [5.41, 5.74) is 4.10. The number of rotatable bonds is 3. The molecule has 0 radical (unpaired) electrons. The molecule has 1 amide bonds. The fraction of sp³-hybridized carbons (Fsp3) is 0.185. The zero-order chi connectivity index (χ0) is 24.2. The number of imidazole rings is 1. The number of amides is 1. The third kappa shape index (κ3) is 4.57. The second-order valence-corrected chi connectivity index (χ2v) is 8.44. The average Bonchev–Trinajstić information content (AvgIpc) is 3.34. The summed E-state index contributed by atoms with van der Waals surface area (Å²) in [7, 11) is 0. The van der Waals surface area contributed by atoms with Gasteiger partial charge >= 0.3 is 0 Å². The molecule has 0 aliphatic carbocycles. The maximum atomic E-state index is 13.6. The van der Waals surface area contributed by atoms with E-state index in [1.54, 1.807) is 6.20 Å². The van der Waals surface area contributed by atoms with Crippen molar-refractivity contribution in [1.29, 1.82) is 5.26 Å². The summed E-state index contributed by atoms with van der Waals surface area (Å²) < 4.78 is 1.85. The van der Waals surface area contributed by atoms with Crippen LogP contribution < -0.4 is 5.32 Å². The minimum atomic E-state index is -0.232. The smallest absolute Gasteiger partial charge is 0.274 e. The number of nitrogens with one attached hydrogen (secondary N) is 1. The van der Waals surface area contributed by atoms with E-state index < -0.39 is 0 Å². The van der Waals surface area contributed by atoms with Crippen LogP contribution in [0.3, 0.4) is 0 Å². The maximum absolute atomic E-state index is 13.6. The van der Waals surface area contributed by atoms with Gasteiger partial charge in [0.1, 0.15) is 11.3 Å². The van der Waals surface area contributed by atoms with E-state index >= 15 is 0 Å². The minimum Gasteiger partial charge on any atom is -0.338 e. The number of carbonyl (C=O) groups is 1. The van der Waals surface area contributed by atoms with Crippen molar-refractivity contribution in [1.82, 2.24) is 19.2 Å².